The molecule has 0 spiro atoms. The van der Waals surface area contributed by atoms with E-state index in [-0.39, 0.29) is 19.0 Å². The number of para-hydroxylation sites is 1. The lowest BCUT2D eigenvalue weighted by Crippen LogP contribution is -3.00. The van der Waals surface area contributed by atoms with Crippen LogP contribution in [0.5, 0.6) is 11.5 Å². The molecule has 0 bridgehead atoms. The average molecular weight is 337 g/mol. The van der Waals surface area contributed by atoms with Gasteiger partial charge in [0.05, 0.1) is 7.11 Å². The van der Waals surface area contributed by atoms with Crippen LogP contribution in [-0.4, -0.2) is 24.6 Å². The van der Waals surface area contributed by atoms with Gasteiger partial charge in [-0.1, -0.05) is 18.2 Å². The Bertz CT molecular complexity index is 623. The van der Waals surface area contributed by atoms with E-state index in [1.54, 1.807) is 19.4 Å². The Morgan fingerprint density at radius 1 is 1.26 bits per heavy atom. The molecular weight excluding hydrogens is 318 g/mol. The Kier molecular flexibility index (Phi) is 7.87. The number of carbonyl (C=O) groups is 1. The van der Waals surface area contributed by atoms with E-state index in [4.69, 9.17) is 15.2 Å². The van der Waals surface area contributed by atoms with Crippen LogP contribution in [0.4, 0.5) is 0 Å². The minimum Gasteiger partial charge on any atom is -1.00 e. The standard InChI is InChI=1S/C16H19N3O3.ClH/c1-21-14-6-2-5-13(16(14)22-11-15(17)20)10-19-9-12-4-3-7-18-8-12;/h2-8,19H,9-11H2,1H3,(H2,17,20);1H/p-1. The van der Waals surface area contributed by atoms with Gasteiger partial charge < -0.3 is 32.9 Å². The second-order valence-corrected chi connectivity index (χ2v) is 4.67. The molecule has 0 atom stereocenters. The first-order chi connectivity index (χ1) is 10.7. The molecule has 1 amide bonds. The number of nitrogens with zero attached hydrogens (tertiary/aromatic N) is 1. The van der Waals surface area contributed by atoms with Gasteiger partial charge in [0.2, 0.25) is 0 Å². The molecule has 0 aliphatic heterocycles. The predicted molar refractivity (Wildman–Crippen MR) is 82.5 cm³/mol. The third kappa shape index (κ3) is 5.77. The molecule has 1 aromatic carbocycles. The lowest BCUT2D eigenvalue weighted by atomic mass is 10.1. The number of aromatic nitrogens is 1. The van der Waals surface area contributed by atoms with Crippen LogP contribution in [0.25, 0.3) is 0 Å². The van der Waals surface area contributed by atoms with Crippen molar-refractivity contribution in [3.8, 4) is 11.5 Å². The van der Waals surface area contributed by atoms with Crippen molar-refractivity contribution in [2.45, 2.75) is 13.1 Å². The number of halogens is 1. The number of hydrogen-bond donors (Lipinski definition) is 2. The lowest BCUT2D eigenvalue weighted by molar-refractivity contribution is -0.119. The second kappa shape index (κ2) is 9.66. The smallest absolute Gasteiger partial charge is 0.255 e. The van der Waals surface area contributed by atoms with Gasteiger partial charge >= 0.3 is 0 Å². The molecule has 7 heteroatoms. The first kappa shape index (κ1) is 18.7. The zero-order valence-electron chi connectivity index (χ0n) is 12.8. The minimum atomic E-state index is -0.528. The van der Waals surface area contributed by atoms with E-state index in [9.17, 15) is 4.79 Å². The SMILES string of the molecule is COc1cccc(CNCc2cccnc2)c1OCC(N)=O.[Cl-]. The summed E-state index contributed by atoms with van der Waals surface area (Å²) in [4.78, 5) is 15.0. The summed E-state index contributed by atoms with van der Waals surface area (Å²) in [6.45, 7) is 1.07. The molecule has 0 unspecified atom stereocenters. The van der Waals surface area contributed by atoms with Gasteiger partial charge in [-0.05, 0) is 17.7 Å². The van der Waals surface area contributed by atoms with Crippen LogP contribution < -0.4 is 32.9 Å². The van der Waals surface area contributed by atoms with Gasteiger partial charge in [-0.3, -0.25) is 9.78 Å². The number of carbonyl (C=O) groups excluding carboxylic acids is 1. The van der Waals surface area contributed by atoms with Crippen molar-refractivity contribution in [2.24, 2.45) is 5.73 Å². The molecule has 1 heterocycles. The van der Waals surface area contributed by atoms with E-state index in [0.717, 1.165) is 11.1 Å². The zero-order chi connectivity index (χ0) is 15.8. The fraction of sp³-hybridized carbons (Fsp3) is 0.250. The average Bonchev–Trinajstić information content (AvgIpc) is 2.54. The van der Waals surface area contributed by atoms with Crippen LogP contribution in [0.2, 0.25) is 0 Å². The van der Waals surface area contributed by atoms with E-state index in [2.05, 4.69) is 10.3 Å². The van der Waals surface area contributed by atoms with Gasteiger partial charge in [-0.15, -0.1) is 0 Å². The maximum atomic E-state index is 10.9. The number of amides is 1. The molecule has 3 N–H and O–H groups in total. The van der Waals surface area contributed by atoms with Gasteiger partial charge in [0.1, 0.15) is 0 Å². The Labute approximate surface area is 141 Å². The number of ether oxygens (including phenoxy) is 2. The number of methoxy groups -OCH3 is 1. The summed E-state index contributed by atoms with van der Waals surface area (Å²) in [5, 5.41) is 3.31. The summed E-state index contributed by atoms with van der Waals surface area (Å²) in [5.74, 6) is 0.574. The van der Waals surface area contributed by atoms with Crippen molar-refractivity contribution >= 4 is 5.91 Å². The molecule has 2 aromatic rings. The molecule has 23 heavy (non-hydrogen) atoms. The van der Waals surface area contributed by atoms with E-state index in [1.165, 1.54) is 0 Å². The molecule has 2 rings (SSSR count). The van der Waals surface area contributed by atoms with E-state index in [1.807, 2.05) is 30.5 Å². The summed E-state index contributed by atoms with van der Waals surface area (Å²) in [7, 11) is 1.55. The number of primary amides is 1. The number of rotatable bonds is 8. The van der Waals surface area contributed by atoms with Crippen molar-refractivity contribution in [1.29, 1.82) is 0 Å². The highest BCUT2D eigenvalue weighted by Crippen LogP contribution is 2.31. The van der Waals surface area contributed by atoms with Gasteiger partial charge in [-0.2, -0.15) is 0 Å². The molecule has 6 nitrogen and oxygen atoms in total. The highest BCUT2D eigenvalue weighted by atomic mass is 35.5. The molecule has 1 aromatic heterocycles. The molecule has 0 aliphatic carbocycles. The fourth-order valence-corrected chi connectivity index (χ4v) is 2.01. The Morgan fingerprint density at radius 3 is 2.74 bits per heavy atom. The topological polar surface area (TPSA) is 86.5 Å². The number of benzene rings is 1. The first-order valence-corrected chi connectivity index (χ1v) is 6.87. The maximum absolute atomic E-state index is 10.9. The monoisotopic (exact) mass is 336 g/mol. The van der Waals surface area contributed by atoms with Crippen molar-refractivity contribution in [1.82, 2.24) is 10.3 Å². The molecule has 0 saturated carbocycles. The molecule has 0 saturated heterocycles. The first-order valence-electron chi connectivity index (χ1n) is 6.87. The minimum absolute atomic E-state index is 0. The highest BCUT2D eigenvalue weighted by molar-refractivity contribution is 5.75. The Hall–Kier alpha value is -2.31. The molecule has 0 fully saturated rings. The van der Waals surface area contributed by atoms with Gasteiger partial charge in [-0.25, -0.2) is 0 Å². The zero-order valence-corrected chi connectivity index (χ0v) is 13.5. The van der Waals surface area contributed by atoms with Crippen LogP contribution in [0, 0.1) is 0 Å². The van der Waals surface area contributed by atoms with Gasteiger partial charge in [0.15, 0.2) is 18.1 Å². The molecule has 0 aliphatic rings. The summed E-state index contributed by atoms with van der Waals surface area (Å²) in [6, 6.07) is 9.45. The van der Waals surface area contributed by atoms with Crippen LogP contribution >= 0.6 is 0 Å². The molecule has 0 radical (unpaired) electrons. The van der Waals surface area contributed by atoms with Crippen molar-refractivity contribution in [3.05, 3.63) is 53.9 Å². The van der Waals surface area contributed by atoms with Crippen LogP contribution in [0.3, 0.4) is 0 Å². The van der Waals surface area contributed by atoms with E-state index in [0.29, 0.717) is 24.6 Å². The molecular formula is C16H19ClN3O3-. The summed E-state index contributed by atoms with van der Waals surface area (Å²) in [6.07, 6.45) is 3.55. The third-order valence-electron chi connectivity index (χ3n) is 3.01. The number of pyridine rings is 1. The van der Waals surface area contributed by atoms with Gasteiger partial charge in [0.25, 0.3) is 5.91 Å². The predicted octanol–water partition coefficient (Wildman–Crippen LogP) is -1.75. The van der Waals surface area contributed by atoms with Crippen LogP contribution in [-0.2, 0) is 17.9 Å². The summed E-state index contributed by atoms with van der Waals surface area (Å²) in [5.41, 5.74) is 7.11. The maximum Gasteiger partial charge on any atom is 0.255 e. The molecule has 124 valence electrons. The quantitative estimate of drug-likeness (QED) is 0.597. The van der Waals surface area contributed by atoms with Gasteiger partial charge in [0, 0.05) is 31.0 Å². The van der Waals surface area contributed by atoms with E-state index < -0.39 is 5.91 Å². The Morgan fingerprint density at radius 2 is 2.09 bits per heavy atom. The number of nitrogens with one attached hydrogen (secondary N) is 1. The number of nitrogens with two attached hydrogens (primary N) is 1. The summed E-state index contributed by atoms with van der Waals surface area (Å²) >= 11 is 0. The fourth-order valence-electron chi connectivity index (χ4n) is 2.01. The highest BCUT2D eigenvalue weighted by Gasteiger charge is 2.11. The van der Waals surface area contributed by atoms with Crippen molar-refractivity contribution in [3.63, 3.8) is 0 Å². The van der Waals surface area contributed by atoms with Crippen molar-refractivity contribution in [2.75, 3.05) is 13.7 Å². The lowest BCUT2D eigenvalue weighted by Gasteiger charge is -2.14. The second-order valence-electron chi connectivity index (χ2n) is 4.67. The van der Waals surface area contributed by atoms with Crippen LogP contribution in [0.15, 0.2) is 42.7 Å². The number of hydrogen-bond acceptors (Lipinski definition) is 5. The third-order valence-corrected chi connectivity index (χ3v) is 3.01. The van der Waals surface area contributed by atoms with Crippen LogP contribution in [0.1, 0.15) is 11.1 Å². The normalized spacial score (nSPS) is 9.78. The largest absolute Gasteiger partial charge is 1.00 e. The van der Waals surface area contributed by atoms with Crippen molar-refractivity contribution < 1.29 is 26.7 Å². The van der Waals surface area contributed by atoms with E-state index >= 15 is 0 Å². The summed E-state index contributed by atoms with van der Waals surface area (Å²) < 4.78 is 10.7. The Balaban J connectivity index is 0.00000264.